The quantitative estimate of drug-likeness (QED) is 0.115. The number of para-hydroxylation sites is 1. The number of aromatic nitrogens is 2. The molecule has 0 saturated heterocycles. The van der Waals surface area contributed by atoms with Gasteiger partial charge in [0.25, 0.3) is 5.69 Å². The molecule has 0 saturated carbocycles. The molecule has 0 amide bonds. The Morgan fingerprint density at radius 2 is 1.29 bits per heavy atom. The van der Waals surface area contributed by atoms with E-state index in [2.05, 4.69) is 10.4 Å². The van der Waals surface area contributed by atoms with Crippen LogP contribution in [0.1, 0.15) is 11.1 Å². The fourth-order valence-electron chi connectivity index (χ4n) is 4.76. The van der Waals surface area contributed by atoms with Gasteiger partial charge in [0, 0.05) is 28.5 Å². The highest BCUT2D eigenvalue weighted by Gasteiger charge is 2.21. The number of hydrogen-bond donors (Lipinski definition) is 2. The number of fused-ring (bicyclic) bond motifs is 2. The predicted molar refractivity (Wildman–Crippen MR) is 156 cm³/mol. The van der Waals surface area contributed by atoms with Gasteiger partial charge >= 0.3 is 0 Å². The van der Waals surface area contributed by atoms with Crippen molar-refractivity contribution >= 4 is 38.9 Å². The minimum atomic E-state index is -0.612. The lowest BCUT2D eigenvalue weighted by molar-refractivity contribution is -0.384. The largest absolute Gasteiger partial charge is 0.493 e. The number of rotatable bonds is 7. The average molecular weight is 568 g/mol. The number of nitro groups is 1. The minimum Gasteiger partial charge on any atom is -0.493 e. The molecular weight excluding hydrogens is 545 g/mol. The zero-order chi connectivity index (χ0) is 29.8. The first-order valence-corrected chi connectivity index (χ1v) is 12.6. The highest BCUT2D eigenvalue weighted by atomic mass is 19.1. The van der Waals surface area contributed by atoms with E-state index in [0.29, 0.717) is 23.0 Å². The van der Waals surface area contributed by atoms with E-state index in [0.717, 1.165) is 17.1 Å². The first-order valence-electron chi connectivity index (χ1n) is 12.6. The fourth-order valence-corrected chi connectivity index (χ4v) is 4.76. The van der Waals surface area contributed by atoms with Crippen molar-refractivity contribution in [1.82, 2.24) is 9.13 Å². The molecule has 12 heteroatoms. The van der Waals surface area contributed by atoms with Crippen LogP contribution in [-0.2, 0) is 13.1 Å². The van der Waals surface area contributed by atoms with Gasteiger partial charge in [0.1, 0.15) is 5.82 Å². The van der Waals surface area contributed by atoms with Crippen LogP contribution in [0.3, 0.4) is 0 Å². The number of aromatic hydroxyl groups is 2. The molecule has 0 radical (unpaired) electrons. The molecule has 0 spiro atoms. The number of nitroso groups, excluding NO2 is 2. The Labute approximate surface area is 236 Å². The SMILES string of the molecule is O=Nc1c(O)n(Cc2ccccc2)c2ccccc12.O=Nc1c(O)n(Cc2ccccc2F)c2ccc([N+](=O)[O-])cc12. The van der Waals surface area contributed by atoms with Gasteiger partial charge < -0.3 is 19.3 Å². The van der Waals surface area contributed by atoms with Gasteiger partial charge in [-0.1, -0.05) is 66.7 Å². The molecule has 0 atom stereocenters. The molecule has 11 nitrogen and oxygen atoms in total. The molecule has 0 aliphatic rings. The van der Waals surface area contributed by atoms with Gasteiger partial charge in [-0.15, -0.1) is 9.81 Å². The summed E-state index contributed by atoms with van der Waals surface area (Å²) in [5.41, 5.74) is 2.08. The maximum absolute atomic E-state index is 13.8. The smallest absolute Gasteiger partial charge is 0.270 e. The van der Waals surface area contributed by atoms with E-state index in [9.17, 15) is 34.5 Å². The monoisotopic (exact) mass is 567 g/mol. The van der Waals surface area contributed by atoms with Gasteiger partial charge in [-0.3, -0.25) is 10.1 Å². The second-order valence-electron chi connectivity index (χ2n) is 9.25. The molecule has 6 rings (SSSR count). The van der Waals surface area contributed by atoms with Gasteiger partial charge in [0.2, 0.25) is 11.8 Å². The molecular formula is C30H22FN5O6. The van der Waals surface area contributed by atoms with Crippen LogP contribution < -0.4 is 0 Å². The standard InChI is InChI=1S/C15H10FN3O4.C15H12N2O2/c16-12-4-2-1-3-9(12)8-18-13-6-5-10(19(22)23)7-11(13)14(17-21)15(18)20;18-15-14(16-19)12-8-4-5-9-13(12)17(15)10-11-6-2-1-3-7-11/h1-7,20H,8H2;1-9,18H,10H2. The summed E-state index contributed by atoms with van der Waals surface area (Å²) in [4.78, 5) is 32.1. The third-order valence-electron chi connectivity index (χ3n) is 6.77. The molecule has 0 unspecified atom stereocenters. The molecule has 42 heavy (non-hydrogen) atoms. The van der Waals surface area contributed by atoms with Gasteiger partial charge in [-0.2, -0.15) is 0 Å². The normalized spacial score (nSPS) is 10.8. The molecule has 4 aromatic carbocycles. The van der Waals surface area contributed by atoms with Crippen LogP contribution in [0.2, 0.25) is 0 Å². The van der Waals surface area contributed by atoms with Crippen LogP contribution >= 0.6 is 0 Å². The summed E-state index contributed by atoms with van der Waals surface area (Å²) in [6.07, 6.45) is 0. The van der Waals surface area contributed by atoms with Crippen LogP contribution in [0.4, 0.5) is 21.5 Å². The maximum atomic E-state index is 13.8. The summed E-state index contributed by atoms with van der Waals surface area (Å²) < 4.78 is 16.8. The predicted octanol–water partition coefficient (Wildman–Crippen LogP) is 7.63. The van der Waals surface area contributed by atoms with E-state index < -0.39 is 16.6 Å². The number of nitrogens with zero attached hydrogens (tertiary/aromatic N) is 5. The van der Waals surface area contributed by atoms with Crippen LogP contribution in [0.25, 0.3) is 21.8 Å². The van der Waals surface area contributed by atoms with Crippen molar-refractivity contribution < 1.29 is 19.5 Å². The molecule has 0 bridgehead atoms. The summed E-state index contributed by atoms with van der Waals surface area (Å²) in [5.74, 6) is -1.00. The van der Waals surface area contributed by atoms with Crippen LogP contribution in [0, 0.1) is 25.7 Å². The highest BCUT2D eigenvalue weighted by Crippen LogP contribution is 2.41. The van der Waals surface area contributed by atoms with Crippen molar-refractivity contribution in [1.29, 1.82) is 0 Å². The summed E-state index contributed by atoms with van der Waals surface area (Å²) >= 11 is 0. The summed E-state index contributed by atoms with van der Waals surface area (Å²) in [5, 5.41) is 37.7. The van der Waals surface area contributed by atoms with Crippen molar-refractivity contribution in [2.45, 2.75) is 13.1 Å². The lowest BCUT2D eigenvalue weighted by atomic mass is 10.2. The van der Waals surface area contributed by atoms with E-state index >= 15 is 0 Å². The Morgan fingerprint density at radius 3 is 1.95 bits per heavy atom. The molecule has 6 aromatic rings. The zero-order valence-corrected chi connectivity index (χ0v) is 21.8. The molecule has 2 heterocycles. The molecule has 2 aromatic heterocycles. The third kappa shape index (κ3) is 5.16. The lowest BCUT2D eigenvalue weighted by Gasteiger charge is -2.08. The first-order chi connectivity index (χ1) is 20.3. The number of halogens is 1. The summed E-state index contributed by atoms with van der Waals surface area (Å²) in [7, 11) is 0. The zero-order valence-electron chi connectivity index (χ0n) is 21.8. The molecule has 2 N–H and O–H groups in total. The van der Waals surface area contributed by atoms with Gasteiger partial charge in [0.05, 0.1) is 29.0 Å². The fraction of sp³-hybridized carbons (Fsp3) is 0.0667. The first kappa shape index (κ1) is 27.6. The van der Waals surface area contributed by atoms with Crippen molar-refractivity contribution in [2.24, 2.45) is 10.4 Å². The summed E-state index contributed by atoms with van der Waals surface area (Å²) in [6, 6.07) is 26.9. The van der Waals surface area contributed by atoms with Gasteiger partial charge in [-0.25, -0.2) is 4.39 Å². The molecule has 210 valence electrons. The number of benzene rings is 4. The van der Waals surface area contributed by atoms with Crippen LogP contribution in [0.15, 0.2) is 107 Å². The molecule has 0 fully saturated rings. The van der Waals surface area contributed by atoms with Crippen molar-refractivity contribution in [3.05, 3.63) is 134 Å². The Hall–Kier alpha value is -5.91. The minimum absolute atomic E-state index is 0.0393. The second-order valence-corrected chi connectivity index (χ2v) is 9.25. The van der Waals surface area contributed by atoms with E-state index in [-0.39, 0.29) is 34.9 Å². The Kier molecular flexibility index (Phi) is 7.69. The van der Waals surface area contributed by atoms with E-state index in [1.165, 1.54) is 28.8 Å². The summed E-state index contributed by atoms with van der Waals surface area (Å²) in [6.45, 7) is 0.463. The lowest BCUT2D eigenvalue weighted by Crippen LogP contribution is -2.01. The van der Waals surface area contributed by atoms with Gasteiger partial charge in [0.15, 0.2) is 11.4 Å². The third-order valence-corrected chi connectivity index (χ3v) is 6.77. The van der Waals surface area contributed by atoms with Crippen LogP contribution in [0.5, 0.6) is 11.8 Å². The van der Waals surface area contributed by atoms with E-state index in [4.69, 9.17) is 0 Å². The Bertz CT molecular complexity index is 1950. The van der Waals surface area contributed by atoms with Crippen molar-refractivity contribution in [3.63, 3.8) is 0 Å². The molecule has 0 aliphatic heterocycles. The number of nitro benzene ring substituents is 1. The Balaban J connectivity index is 0.000000171. The molecule has 0 aliphatic carbocycles. The topological polar surface area (TPSA) is 152 Å². The van der Waals surface area contributed by atoms with Crippen molar-refractivity contribution in [3.8, 4) is 11.8 Å². The second kappa shape index (κ2) is 11.7. The highest BCUT2D eigenvalue weighted by molar-refractivity contribution is 5.97. The van der Waals surface area contributed by atoms with Crippen molar-refractivity contribution in [2.75, 3.05) is 0 Å². The maximum Gasteiger partial charge on any atom is 0.270 e. The van der Waals surface area contributed by atoms with Crippen LogP contribution in [-0.4, -0.2) is 24.3 Å². The average Bonchev–Trinajstić information content (AvgIpc) is 3.43. The van der Waals surface area contributed by atoms with E-state index in [1.807, 2.05) is 48.5 Å². The van der Waals surface area contributed by atoms with Gasteiger partial charge in [-0.05, 0) is 34.1 Å². The number of non-ortho nitro benzene ring substituents is 1. The van der Waals surface area contributed by atoms with E-state index in [1.54, 1.807) is 22.8 Å². The Morgan fingerprint density at radius 1 is 0.714 bits per heavy atom. The number of hydrogen-bond acceptors (Lipinski definition) is 8.